The Labute approximate surface area is 71.6 Å². The first-order valence-electron chi connectivity index (χ1n) is 4.57. The predicted octanol–water partition coefficient (Wildman–Crippen LogP) is 2.68. The average Bonchev–Trinajstić information content (AvgIpc) is 1.90. The van der Waals surface area contributed by atoms with Crippen molar-refractivity contribution in [3.63, 3.8) is 0 Å². The highest BCUT2D eigenvalue weighted by atomic mass is 15.1. The summed E-state index contributed by atoms with van der Waals surface area (Å²) in [7, 11) is 0. The minimum atomic E-state index is 0. The van der Waals surface area contributed by atoms with Gasteiger partial charge in [0.25, 0.3) is 0 Å². The molecule has 0 fully saturated rings. The van der Waals surface area contributed by atoms with Gasteiger partial charge in [-0.3, -0.25) is 0 Å². The van der Waals surface area contributed by atoms with Gasteiger partial charge < -0.3 is 11.1 Å². The zero-order valence-corrected chi connectivity index (χ0v) is 8.40. The van der Waals surface area contributed by atoms with E-state index < -0.39 is 0 Å². The molecule has 0 saturated carbocycles. The summed E-state index contributed by atoms with van der Waals surface area (Å²) < 4.78 is 0. The second kappa shape index (κ2) is 9.92. The summed E-state index contributed by atoms with van der Waals surface area (Å²) in [5.74, 6) is 0. The van der Waals surface area contributed by atoms with Gasteiger partial charge in [-0.15, -0.1) is 0 Å². The molecule has 0 aliphatic rings. The van der Waals surface area contributed by atoms with Crippen molar-refractivity contribution in [1.82, 2.24) is 11.1 Å². The van der Waals surface area contributed by atoms with E-state index in [1.807, 2.05) is 0 Å². The Morgan fingerprint density at radius 2 is 1.00 bits per heavy atom. The lowest BCUT2D eigenvalue weighted by Gasteiger charge is -2.19. The van der Waals surface area contributed by atoms with Gasteiger partial charge in [0.2, 0.25) is 0 Å². The molecule has 11 heavy (non-hydrogen) atoms. The maximum atomic E-state index is 2.54. The summed E-state index contributed by atoms with van der Waals surface area (Å²) >= 11 is 0. The second-order valence-corrected chi connectivity index (χ2v) is 2.84. The molecule has 0 heterocycles. The Morgan fingerprint density at radius 1 is 0.727 bits per heavy atom. The minimum absolute atomic E-state index is 0. The van der Waals surface area contributed by atoms with Crippen LogP contribution in [-0.2, 0) is 0 Å². The molecule has 0 aromatic heterocycles. The molecule has 0 atom stereocenters. The van der Waals surface area contributed by atoms with E-state index in [0.29, 0.717) is 0 Å². The smallest absolute Gasteiger partial charge is 0.00214 e. The van der Waals surface area contributed by atoms with Crippen LogP contribution >= 0.6 is 0 Å². The Balaban J connectivity index is 0. The molecule has 3 N–H and O–H groups in total. The first-order chi connectivity index (χ1) is 4.85. The minimum Gasteiger partial charge on any atom is -0.344 e. The van der Waals surface area contributed by atoms with Crippen LogP contribution in [-0.4, -0.2) is 24.5 Å². The highest BCUT2D eigenvalue weighted by Gasteiger charge is 1.98. The SMILES string of the molecule is CCCN(CCC)CCC.N. The van der Waals surface area contributed by atoms with E-state index in [9.17, 15) is 0 Å². The van der Waals surface area contributed by atoms with Gasteiger partial charge in [0.1, 0.15) is 0 Å². The van der Waals surface area contributed by atoms with Gasteiger partial charge in [0.15, 0.2) is 0 Å². The van der Waals surface area contributed by atoms with Gasteiger partial charge in [-0.2, -0.15) is 0 Å². The van der Waals surface area contributed by atoms with Gasteiger partial charge in [0.05, 0.1) is 0 Å². The molecule has 0 spiro atoms. The van der Waals surface area contributed by atoms with E-state index >= 15 is 0 Å². The van der Waals surface area contributed by atoms with Gasteiger partial charge >= 0.3 is 0 Å². The molecular weight excluding hydrogens is 136 g/mol. The largest absolute Gasteiger partial charge is 0.344 e. The molecule has 2 heteroatoms. The molecule has 0 saturated heterocycles. The Bertz CT molecular complexity index is 50.3. The quantitative estimate of drug-likeness (QED) is 0.648. The maximum absolute atomic E-state index is 2.54. The fourth-order valence-electron chi connectivity index (χ4n) is 1.28. The summed E-state index contributed by atoms with van der Waals surface area (Å²) in [6, 6.07) is 0. The maximum Gasteiger partial charge on any atom is -0.00214 e. The lowest BCUT2D eigenvalue weighted by molar-refractivity contribution is 0.275. The summed E-state index contributed by atoms with van der Waals surface area (Å²) in [6.07, 6.45) is 3.88. The van der Waals surface area contributed by atoms with Crippen LogP contribution in [0.25, 0.3) is 0 Å². The molecule has 0 amide bonds. The second-order valence-electron chi connectivity index (χ2n) is 2.84. The van der Waals surface area contributed by atoms with Crippen molar-refractivity contribution in [2.75, 3.05) is 19.6 Å². The fourth-order valence-corrected chi connectivity index (χ4v) is 1.28. The monoisotopic (exact) mass is 160 g/mol. The van der Waals surface area contributed by atoms with E-state index in [2.05, 4.69) is 25.7 Å². The van der Waals surface area contributed by atoms with Crippen molar-refractivity contribution < 1.29 is 0 Å². The Kier molecular flexibility index (Phi) is 12.2. The van der Waals surface area contributed by atoms with Crippen LogP contribution in [0, 0.1) is 0 Å². The Morgan fingerprint density at radius 3 is 1.18 bits per heavy atom. The average molecular weight is 160 g/mol. The summed E-state index contributed by atoms with van der Waals surface area (Å²) in [6.45, 7) is 10.6. The molecule has 0 rings (SSSR count). The molecule has 0 radical (unpaired) electrons. The normalized spacial score (nSPS) is 9.82. The van der Waals surface area contributed by atoms with Crippen LogP contribution < -0.4 is 6.15 Å². The first-order valence-corrected chi connectivity index (χ1v) is 4.57. The third kappa shape index (κ3) is 7.82. The van der Waals surface area contributed by atoms with Crippen molar-refractivity contribution in [3.05, 3.63) is 0 Å². The van der Waals surface area contributed by atoms with Crippen LogP contribution in [0.1, 0.15) is 40.0 Å². The van der Waals surface area contributed by atoms with Crippen LogP contribution in [0.4, 0.5) is 0 Å². The highest BCUT2D eigenvalue weighted by Crippen LogP contribution is 1.94. The van der Waals surface area contributed by atoms with Crippen LogP contribution in [0.5, 0.6) is 0 Å². The number of hydrogen-bond acceptors (Lipinski definition) is 2. The molecule has 0 bridgehead atoms. The standard InChI is InChI=1S/C9H21N.H3N/c1-4-7-10(8-5-2)9-6-3;/h4-9H2,1-3H3;1H3. The number of rotatable bonds is 6. The van der Waals surface area contributed by atoms with E-state index in [1.165, 1.54) is 38.9 Å². The predicted molar refractivity (Wildman–Crippen MR) is 52.3 cm³/mol. The number of hydrogen-bond donors (Lipinski definition) is 1. The van der Waals surface area contributed by atoms with Crippen molar-refractivity contribution in [3.8, 4) is 0 Å². The van der Waals surface area contributed by atoms with E-state index in [1.54, 1.807) is 0 Å². The van der Waals surface area contributed by atoms with Crippen molar-refractivity contribution in [2.45, 2.75) is 40.0 Å². The summed E-state index contributed by atoms with van der Waals surface area (Å²) in [4.78, 5) is 2.54. The Hall–Kier alpha value is -0.0800. The van der Waals surface area contributed by atoms with Gasteiger partial charge in [0, 0.05) is 0 Å². The van der Waals surface area contributed by atoms with Crippen molar-refractivity contribution in [2.24, 2.45) is 0 Å². The van der Waals surface area contributed by atoms with Gasteiger partial charge in [-0.1, -0.05) is 20.8 Å². The molecule has 0 unspecified atom stereocenters. The third-order valence-corrected chi connectivity index (χ3v) is 1.62. The first kappa shape index (κ1) is 13.5. The van der Waals surface area contributed by atoms with E-state index in [0.717, 1.165) is 0 Å². The topological polar surface area (TPSA) is 38.2 Å². The zero-order valence-electron chi connectivity index (χ0n) is 8.40. The molecule has 0 aromatic rings. The lowest BCUT2D eigenvalue weighted by Crippen LogP contribution is -2.25. The summed E-state index contributed by atoms with van der Waals surface area (Å²) in [5, 5.41) is 0. The molecule has 0 aliphatic carbocycles. The van der Waals surface area contributed by atoms with Crippen LogP contribution in [0.3, 0.4) is 0 Å². The fraction of sp³-hybridized carbons (Fsp3) is 1.00. The molecule has 0 aliphatic heterocycles. The lowest BCUT2D eigenvalue weighted by atomic mass is 10.3. The van der Waals surface area contributed by atoms with Crippen molar-refractivity contribution >= 4 is 0 Å². The molecule has 2 nitrogen and oxygen atoms in total. The van der Waals surface area contributed by atoms with Gasteiger partial charge in [-0.05, 0) is 38.9 Å². The van der Waals surface area contributed by atoms with E-state index in [4.69, 9.17) is 0 Å². The van der Waals surface area contributed by atoms with Gasteiger partial charge in [-0.25, -0.2) is 0 Å². The molecular formula is C9H24N2. The summed E-state index contributed by atoms with van der Waals surface area (Å²) in [5.41, 5.74) is 0. The van der Waals surface area contributed by atoms with Crippen LogP contribution in [0.15, 0.2) is 0 Å². The van der Waals surface area contributed by atoms with E-state index in [-0.39, 0.29) is 6.15 Å². The third-order valence-electron chi connectivity index (χ3n) is 1.62. The highest BCUT2D eigenvalue weighted by molar-refractivity contribution is 4.53. The van der Waals surface area contributed by atoms with Crippen LogP contribution in [0.2, 0.25) is 0 Å². The number of nitrogens with zero attached hydrogens (tertiary/aromatic N) is 1. The zero-order chi connectivity index (χ0) is 7.82. The molecule has 0 aromatic carbocycles. The van der Waals surface area contributed by atoms with Crippen molar-refractivity contribution in [1.29, 1.82) is 0 Å². The molecule has 70 valence electrons.